The molecule has 0 aliphatic heterocycles. The smallest absolute Gasteiger partial charge is 0.143 e. The molecule has 9 aromatic carbocycles. The van der Waals surface area contributed by atoms with Gasteiger partial charge in [0.15, 0.2) is 0 Å². The molecule has 71 heavy (non-hydrogen) atoms. The standard InChI is InChI=1S/C69H57NO/c1-43-36-48-38-45-39-49(37-43)69(48)61-35-33-52(42-63(61)68(46-19-6-4-7-20-46,47-21-8-5-9-22-47)60-30-14-11-26-58(60)65(45)69)70(51-32-34-55-54-24-10-13-29-59(54)67(2,3)62(55)41-51)50-23-16-18-44(40-50)53-27-17-28-57-56-25-12-15-31-64(56)71-66(53)57/h4-35,40-43,45,48-49,65H,36-39H2,1-3H3/t43?,45?,48-,49+,65?,69?. The minimum atomic E-state index is -0.574. The Balaban J connectivity index is 1.03. The van der Waals surface area contributed by atoms with Gasteiger partial charge in [-0.1, -0.05) is 191 Å². The van der Waals surface area contributed by atoms with Gasteiger partial charge in [-0.3, -0.25) is 0 Å². The van der Waals surface area contributed by atoms with E-state index in [1.807, 2.05) is 0 Å². The van der Waals surface area contributed by atoms with Crippen LogP contribution in [0.25, 0.3) is 44.2 Å². The number of rotatable bonds is 6. The van der Waals surface area contributed by atoms with Crippen molar-refractivity contribution in [2.75, 3.05) is 4.90 Å². The monoisotopic (exact) mass is 915 g/mol. The van der Waals surface area contributed by atoms with E-state index in [9.17, 15) is 0 Å². The molecule has 3 fully saturated rings. The summed E-state index contributed by atoms with van der Waals surface area (Å²) in [5.41, 5.74) is 21.0. The first-order valence-corrected chi connectivity index (χ1v) is 26.3. The molecule has 0 N–H and O–H groups in total. The zero-order chi connectivity index (χ0) is 47.2. The normalized spacial score (nSPS) is 23.6. The fourth-order valence-corrected chi connectivity index (χ4v) is 16.3. The van der Waals surface area contributed by atoms with Gasteiger partial charge in [0.2, 0.25) is 0 Å². The lowest BCUT2D eigenvalue weighted by Crippen LogP contribution is -2.46. The lowest BCUT2D eigenvalue weighted by molar-refractivity contribution is 0.0823. The van der Waals surface area contributed by atoms with E-state index >= 15 is 0 Å². The number of fused-ring (bicyclic) bond motifs is 8. The maximum atomic E-state index is 6.70. The van der Waals surface area contributed by atoms with E-state index in [-0.39, 0.29) is 10.8 Å². The van der Waals surface area contributed by atoms with Crippen LogP contribution in [0.4, 0.5) is 17.1 Å². The third-order valence-corrected chi connectivity index (χ3v) is 18.8. The zero-order valence-corrected chi connectivity index (χ0v) is 40.8. The minimum Gasteiger partial charge on any atom is -0.455 e. The van der Waals surface area contributed by atoms with Crippen molar-refractivity contribution in [1.29, 1.82) is 0 Å². The van der Waals surface area contributed by atoms with Crippen LogP contribution >= 0.6 is 0 Å². The molecule has 10 aromatic rings. The molecule has 5 aliphatic carbocycles. The predicted molar refractivity (Wildman–Crippen MR) is 292 cm³/mol. The molecule has 0 saturated heterocycles. The molecule has 2 heteroatoms. The van der Waals surface area contributed by atoms with Crippen molar-refractivity contribution < 1.29 is 4.42 Å². The highest BCUT2D eigenvalue weighted by Crippen LogP contribution is 2.76. The van der Waals surface area contributed by atoms with Gasteiger partial charge < -0.3 is 9.32 Å². The first kappa shape index (κ1) is 41.4. The highest BCUT2D eigenvalue weighted by Gasteiger charge is 2.69. The summed E-state index contributed by atoms with van der Waals surface area (Å²) in [4.78, 5) is 2.57. The molecule has 0 radical (unpaired) electrons. The van der Waals surface area contributed by atoms with Gasteiger partial charge >= 0.3 is 0 Å². The lowest BCUT2D eigenvalue weighted by Gasteiger charge is -2.51. The van der Waals surface area contributed by atoms with Crippen LogP contribution < -0.4 is 4.90 Å². The van der Waals surface area contributed by atoms with Crippen molar-refractivity contribution in [2.45, 2.75) is 68.6 Å². The van der Waals surface area contributed by atoms with Gasteiger partial charge in [0.25, 0.3) is 0 Å². The van der Waals surface area contributed by atoms with Gasteiger partial charge in [0.05, 0.1) is 5.41 Å². The highest BCUT2D eigenvalue weighted by molar-refractivity contribution is 6.09. The Labute approximate surface area is 417 Å². The molecule has 2 bridgehead atoms. The maximum absolute atomic E-state index is 6.70. The maximum Gasteiger partial charge on any atom is 0.143 e. The highest BCUT2D eigenvalue weighted by atomic mass is 16.3. The number of anilines is 3. The number of para-hydroxylation sites is 2. The van der Waals surface area contributed by atoms with Crippen LogP contribution in [0.5, 0.6) is 0 Å². The Kier molecular flexibility index (Phi) is 8.77. The second-order valence-electron chi connectivity index (χ2n) is 22.5. The largest absolute Gasteiger partial charge is 0.455 e. The van der Waals surface area contributed by atoms with Gasteiger partial charge in [-0.2, -0.15) is 0 Å². The van der Waals surface area contributed by atoms with E-state index in [1.54, 1.807) is 11.1 Å². The Hall–Kier alpha value is -7.42. The SMILES string of the molecule is CC1C[C@@H]2CC3C[C@H](C1)C21c2ccc(N(c4cccc(-c5cccc6c5oc5ccccc56)c4)c4ccc5c(c4)C(C)(C)c4ccccc4-5)cc2C(c2ccccc2)(c2ccccc2)c2ccccc2C31. The summed E-state index contributed by atoms with van der Waals surface area (Å²) in [6.45, 7) is 7.34. The number of hydrogen-bond acceptors (Lipinski definition) is 2. The molecule has 6 atom stereocenters. The quantitative estimate of drug-likeness (QED) is 0.165. The van der Waals surface area contributed by atoms with E-state index in [0.717, 1.165) is 50.4 Å². The van der Waals surface area contributed by atoms with Crippen LogP contribution in [0.2, 0.25) is 0 Å². The summed E-state index contributed by atoms with van der Waals surface area (Å²) in [5.74, 6) is 3.20. The van der Waals surface area contributed by atoms with E-state index in [0.29, 0.717) is 23.7 Å². The van der Waals surface area contributed by atoms with Crippen molar-refractivity contribution in [2.24, 2.45) is 23.7 Å². The molecule has 3 saturated carbocycles. The van der Waals surface area contributed by atoms with Gasteiger partial charge in [-0.05, 0) is 159 Å². The van der Waals surface area contributed by atoms with Crippen molar-refractivity contribution >= 4 is 39.0 Å². The molecular formula is C69H57NO. The van der Waals surface area contributed by atoms with Crippen LogP contribution in [0.15, 0.2) is 217 Å². The fraction of sp³-hybridized carbons (Fsp3) is 0.217. The third kappa shape index (κ3) is 5.54. The molecule has 4 unspecified atom stereocenters. The number of hydrogen-bond donors (Lipinski definition) is 0. The van der Waals surface area contributed by atoms with E-state index in [2.05, 4.69) is 238 Å². The predicted octanol–water partition coefficient (Wildman–Crippen LogP) is 17.8. The van der Waals surface area contributed by atoms with Crippen molar-refractivity contribution in [3.63, 3.8) is 0 Å². The summed E-state index contributed by atoms with van der Waals surface area (Å²) in [7, 11) is 0. The average Bonchev–Trinajstić information content (AvgIpc) is 4.12. The molecule has 15 rings (SSSR count). The van der Waals surface area contributed by atoms with Crippen molar-refractivity contribution in [3.05, 3.63) is 257 Å². The number of benzene rings is 9. The van der Waals surface area contributed by atoms with Crippen LogP contribution in [0.3, 0.4) is 0 Å². The van der Waals surface area contributed by atoms with Crippen LogP contribution in [0.1, 0.15) is 96.9 Å². The van der Waals surface area contributed by atoms with E-state index < -0.39 is 5.41 Å². The molecule has 5 aliphatic rings. The molecule has 344 valence electrons. The first-order chi connectivity index (χ1) is 34.8. The van der Waals surface area contributed by atoms with Crippen LogP contribution in [-0.2, 0) is 16.2 Å². The molecule has 0 amide bonds. The Morgan fingerprint density at radius 2 is 1.04 bits per heavy atom. The minimum absolute atomic E-state index is 0.0613. The summed E-state index contributed by atoms with van der Waals surface area (Å²) < 4.78 is 6.70. The summed E-state index contributed by atoms with van der Waals surface area (Å²) in [5, 5.41) is 2.29. The topological polar surface area (TPSA) is 16.4 Å². The number of nitrogens with zero attached hydrogens (tertiary/aromatic N) is 1. The summed E-state index contributed by atoms with van der Waals surface area (Å²) in [6, 6.07) is 81.2. The third-order valence-electron chi connectivity index (χ3n) is 18.8. The molecule has 1 heterocycles. The first-order valence-electron chi connectivity index (χ1n) is 26.3. The van der Waals surface area contributed by atoms with Crippen LogP contribution in [-0.4, -0.2) is 0 Å². The Morgan fingerprint density at radius 3 is 1.82 bits per heavy atom. The van der Waals surface area contributed by atoms with Gasteiger partial charge in [-0.15, -0.1) is 0 Å². The van der Waals surface area contributed by atoms with Crippen LogP contribution in [0, 0.1) is 23.7 Å². The van der Waals surface area contributed by atoms with Gasteiger partial charge in [0.1, 0.15) is 11.2 Å². The Morgan fingerprint density at radius 1 is 0.451 bits per heavy atom. The summed E-state index contributed by atoms with van der Waals surface area (Å²) >= 11 is 0. The molecule has 1 spiro atoms. The second kappa shape index (κ2) is 15.0. The second-order valence-corrected chi connectivity index (χ2v) is 22.5. The average molecular weight is 916 g/mol. The Bertz CT molecular complexity index is 3710. The van der Waals surface area contributed by atoms with E-state index in [1.165, 1.54) is 75.9 Å². The summed E-state index contributed by atoms with van der Waals surface area (Å²) in [6.07, 6.45) is 5.27. The van der Waals surface area contributed by atoms with Crippen molar-refractivity contribution in [1.82, 2.24) is 0 Å². The fourth-order valence-electron chi connectivity index (χ4n) is 16.3. The zero-order valence-electron chi connectivity index (χ0n) is 40.8. The lowest BCUT2D eigenvalue weighted by atomic mass is 9.53. The van der Waals surface area contributed by atoms with E-state index in [4.69, 9.17) is 4.42 Å². The van der Waals surface area contributed by atoms with Gasteiger partial charge in [-0.25, -0.2) is 0 Å². The van der Waals surface area contributed by atoms with Gasteiger partial charge in [0, 0.05) is 44.2 Å². The molecule has 1 aromatic heterocycles. The molecule has 2 nitrogen and oxygen atoms in total. The number of furan rings is 1. The van der Waals surface area contributed by atoms with Crippen molar-refractivity contribution in [3.8, 4) is 22.3 Å². The molecular weight excluding hydrogens is 859 g/mol.